The monoisotopic (exact) mass is 275 g/mol. The molecule has 0 amide bonds. The number of aliphatic carboxylic acids is 1. The minimum Gasteiger partial charge on any atom is -0.481 e. The Morgan fingerprint density at radius 2 is 2.00 bits per heavy atom. The quantitative estimate of drug-likeness (QED) is 0.861. The van der Waals surface area contributed by atoms with Crippen LogP contribution in [0, 0.1) is 5.92 Å². The van der Waals surface area contributed by atoms with E-state index in [0.29, 0.717) is 12.3 Å². The molecule has 108 valence electrons. The summed E-state index contributed by atoms with van der Waals surface area (Å²) in [6.45, 7) is 0. The average molecular weight is 275 g/mol. The largest absolute Gasteiger partial charge is 0.481 e. The van der Waals surface area contributed by atoms with Crippen molar-refractivity contribution in [3.05, 3.63) is 23.8 Å². The third-order valence-corrected chi connectivity index (χ3v) is 4.61. The van der Waals surface area contributed by atoms with Crippen molar-refractivity contribution >= 4 is 5.97 Å². The van der Waals surface area contributed by atoms with Gasteiger partial charge >= 0.3 is 5.97 Å². The predicted molar refractivity (Wildman–Crippen MR) is 74.5 cm³/mol. The lowest BCUT2D eigenvalue weighted by Crippen LogP contribution is -2.25. The fourth-order valence-corrected chi connectivity index (χ4v) is 3.47. The molecule has 5 heteroatoms. The molecule has 1 aromatic rings. The van der Waals surface area contributed by atoms with Gasteiger partial charge in [-0.05, 0) is 25.7 Å². The molecule has 1 saturated carbocycles. The van der Waals surface area contributed by atoms with Crippen LogP contribution in [0.25, 0.3) is 0 Å². The second-order valence-corrected chi connectivity index (χ2v) is 5.93. The molecule has 5 nitrogen and oxygen atoms in total. The number of hydrogen-bond acceptors (Lipinski definition) is 3. The van der Waals surface area contributed by atoms with Crippen molar-refractivity contribution in [2.75, 3.05) is 0 Å². The van der Waals surface area contributed by atoms with Crippen molar-refractivity contribution in [2.45, 2.75) is 50.4 Å². The number of carboxylic acid groups (broad SMARTS) is 1. The summed E-state index contributed by atoms with van der Waals surface area (Å²) in [5.41, 5.74) is 0. The van der Waals surface area contributed by atoms with Crippen molar-refractivity contribution in [2.24, 2.45) is 13.0 Å². The van der Waals surface area contributed by atoms with Crippen molar-refractivity contribution in [3.63, 3.8) is 0 Å². The number of aromatic nitrogens is 3. The number of nitrogens with zero attached hydrogens (tertiary/aromatic N) is 3. The standard InChI is InChI=1S/C15H21N3O2/c1-18-14(11-8-4-5-9-12(11)15(19)20)16-13(17-18)10-6-2-3-7-10/h4-5,10-12H,2-3,6-9H2,1H3,(H,19,20)/t11-,12+/m1/s1. The first-order valence-electron chi connectivity index (χ1n) is 7.45. The molecular formula is C15H21N3O2. The van der Waals surface area contributed by atoms with Gasteiger partial charge in [-0.25, -0.2) is 4.98 Å². The van der Waals surface area contributed by atoms with E-state index in [4.69, 9.17) is 4.98 Å². The molecular weight excluding hydrogens is 254 g/mol. The third kappa shape index (κ3) is 2.37. The molecule has 0 aliphatic heterocycles. The van der Waals surface area contributed by atoms with Gasteiger partial charge in [-0.15, -0.1) is 0 Å². The zero-order chi connectivity index (χ0) is 14.1. The second kappa shape index (κ2) is 5.38. The van der Waals surface area contributed by atoms with Gasteiger partial charge in [-0.1, -0.05) is 25.0 Å². The summed E-state index contributed by atoms with van der Waals surface area (Å²) >= 11 is 0. The molecule has 0 aromatic carbocycles. The van der Waals surface area contributed by atoms with Crippen LogP contribution in [-0.2, 0) is 11.8 Å². The molecule has 0 unspecified atom stereocenters. The summed E-state index contributed by atoms with van der Waals surface area (Å²) in [5, 5.41) is 13.9. The highest BCUT2D eigenvalue weighted by molar-refractivity contribution is 5.71. The van der Waals surface area contributed by atoms with E-state index >= 15 is 0 Å². The summed E-state index contributed by atoms with van der Waals surface area (Å²) in [7, 11) is 1.89. The van der Waals surface area contributed by atoms with Crippen molar-refractivity contribution in [1.82, 2.24) is 14.8 Å². The molecule has 0 saturated heterocycles. The Kier molecular flexibility index (Phi) is 3.59. The van der Waals surface area contributed by atoms with Gasteiger partial charge in [0, 0.05) is 18.9 Å². The highest BCUT2D eigenvalue weighted by atomic mass is 16.4. The van der Waals surface area contributed by atoms with Crippen LogP contribution in [0.1, 0.15) is 62.0 Å². The van der Waals surface area contributed by atoms with Gasteiger partial charge in [0.2, 0.25) is 0 Å². The van der Waals surface area contributed by atoms with Gasteiger partial charge in [0.25, 0.3) is 0 Å². The van der Waals surface area contributed by atoms with E-state index < -0.39 is 5.97 Å². The molecule has 0 bridgehead atoms. The molecule has 3 rings (SSSR count). The topological polar surface area (TPSA) is 68.0 Å². The van der Waals surface area contributed by atoms with E-state index in [1.165, 1.54) is 12.8 Å². The Labute approximate surface area is 118 Å². The van der Waals surface area contributed by atoms with Crippen LogP contribution in [0.3, 0.4) is 0 Å². The van der Waals surface area contributed by atoms with Gasteiger partial charge in [-0.3, -0.25) is 9.48 Å². The van der Waals surface area contributed by atoms with Crippen LogP contribution < -0.4 is 0 Å². The maximum Gasteiger partial charge on any atom is 0.307 e. The maximum atomic E-state index is 11.4. The smallest absolute Gasteiger partial charge is 0.307 e. The number of rotatable bonds is 3. The van der Waals surface area contributed by atoms with E-state index in [9.17, 15) is 9.90 Å². The number of hydrogen-bond donors (Lipinski definition) is 1. The van der Waals surface area contributed by atoms with Crippen molar-refractivity contribution in [3.8, 4) is 0 Å². The highest BCUT2D eigenvalue weighted by Gasteiger charge is 2.34. The molecule has 1 aromatic heterocycles. The molecule has 2 aliphatic carbocycles. The SMILES string of the molecule is Cn1nc(C2CCCC2)nc1[C@@H]1CC=CC[C@@H]1C(=O)O. The summed E-state index contributed by atoms with van der Waals surface area (Å²) in [6.07, 6.45) is 10.2. The zero-order valence-electron chi connectivity index (χ0n) is 11.8. The van der Waals surface area contributed by atoms with Crippen LogP contribution in [-0.4, -0.2) is 25.8 Å². The number of aryl methyl sites for hydroxylation is 1. The fraction of sp³-hybridized carbons (Fsp3) is 0.667. The molecule has 0 radical (unpaired) electrons. The lowest BCUT2D eigenvalue weighted by Gasteiger charge is -2.23. The van der Waals surface area contributed by atoms with Crippen molar-refractivity contribution < 1.29 is 9.90 Å². The Morgan fingerprint density at radius 1 is 1.30 bits per heavy atom. The van der Waals surface area contributed by atoms with Gasteiger partial charge in [-0.2, -0.15) is 5.10 Å². The molecule has 20 heavy (non-hydrogen) atoms. The molecule has 0 spiro atoms. The van der Waals surface area contributed by atoms with Crippen molar-refractivity contribution in [1.29, 1.82) is 0 Å². The van der Waals surface area contributed by atoms with Crippen LogP contribution in [0.5, 0.6) is 0 Å². The van der Waals surface area contributed by atoms with Gasteiger partial charge in [0.1, 0.15) is 5.82 Å². The Hall–Kier alpha value is -1.65. The molecule has 1 fully saturated rings. The van der Waals surface area contributed by atoms with Gasteiger partial charge in [0.15, 0.2) is 5.82 Å². The van der Waals surface area contributed by atoms with E-state index in [-0.39, 0.29) is 11.8 Å². The summed E-state index contributed by atoms with van der Waals surface area (Å²) in [6, 6.07) is 0. The number of carbonyl (C=O) groups is 1. The van der Waals surface area contributed by atoms with Crippen LogP contribution in [0.15, 0.2) is 12.2 Å². The maximum absolute atomic E-state index is 11.4. The second-order valence-electron chi connectivity index (χ2n) is 5.93. The summed E-state index contributed by atoms with van der Waals surface area (Å²) in [4.78, 5) is 16.1. The van der Waals surface area contributed by atoms with E-state index in [1.807, 2.05) is 13.1 Å². The van der Waals surface area contributed by atoms with Gasteiger partial charge < -0.3 is 5.11 Å². The highest BCUT2D eigenvalue weighted by Crippen LogP contribution is 2.36. The first-order valence-corrected chi connectivity index (χ1v) is 7.45. The van der Waals surface area contributed by atoms with E-state index in [2.05, 4.69) is 11.2 Å². The molecule has 2 atom stereocenters. The fourth-order valence-electron chi connectivity index (χ4n) is 3.47. The Morgan fingerprint density at radius 3 is 2.70 bits per heavy atom. The zero-order valence-corrected chi connectivity index (χ0v) is 11.8. The Balaban J connectivity index is 1.88. The lowest BCUT2D eigenvalue weighted by atomic mass is 9.82. The van der Waals surface area contributed by atoms with Crippen LogP contribution >= 0.6 is 0 Å². The molecule has 2 aliphatic rings. The van der Waals surface area contributed by atoms with Crippen LogP contribution in [0.4, 0.5) is 0 Å². The predicted octanol–water partition coefficient (Wildman–Crippen LogP) is 2.61. The van der Waals surface area contributed by atoms with Gasteiger partial charge in [0.05, 0.1) is 5.92 Å². The van der Waals surface area contributed by atoms with E-state index in [1.54, 1.807) is 4.68 Å². The number of allylic oxidation sites excluding steroid dienone is 2. The normalized spacial score (nSPS) is 27.1. The van der Waals surface area contributed by atoms with E-state index in [0.717, 1.165) is 30.9 Å². The first-order chi connectivity index (χ1) is 9.66. The lowest BCUT2D eigenvalue weighted by molar-refractivity contribution is -0.142. The first kappa shape index (κ1) is 13.3. The summed E-state index contributed by atoms with van der Waals surface area (Å²) < 4.78 is 1.80. The Bertz CT molecular complexity index is 529. The minimum atomic E-state index is -0.732. The summed E-state index contributed by atoms with van der Waals surface area (Å²) in [5.74, 6) is 1.06. The minimum absolute atomic E-state index is 0.0508. The average Bonchev–Trinajstić information content (AvgIpc) is 3.07. The molecule has 1 N–H and O–H groups in total. The number of carboxylic acids is 1. The van der Waals surface area contributed by atoms with Crippen LogP contribution in [0.2, 0.25) is 0 Å². The molecule has 1 heterocycles. The third-order valence-electron chi connectivity index (χ3n) is 4.61.